The van der Waals surface area contributed by atoms with E-state index in [0.717, 1.165) is 18.4 Å². The maximum Gasteiger partial charge on any atom is 0.115 e. The maximum absolute atomic E-state index is 9.02. The monoisotopic (exact) mass is 181 g/mol. The molecule has 0 saturated carbocycles. The second kappa shape index (κ2) is 4.84. The van der Waals surface area contributed by atoms with Crippen molar-refractivity contribution in [2.45, 2.75) is 18.9 Å². The van der Waals surface area contributed by atoms with Gasteiger partial charge >= 0.3 is 0 Å². The van der Waals surface area contributed by atoms with Crippen molar-refractivity contribution in [2.24, 2.45) is 5.73 Å². The van der Waals surface area contributed by atoms with E-state index in [9.17, 15) is 0 Å². The SMILES string of the molecule is NC(CO)CCc1ccc(O)cc1. The van der Waals surface area contributed by atoms with Crippen LogP contribution < -0.4 is 5.73 Å². The van der Waals surface area contributed by atoms with Crippen molar-refractivity contribution < 1.29 is 10.2 Å². The summed E-state index contributed by atoms with van der Waals surface area (Å²) in [5.74, 6) is 0.273. The minimum atomic E-state index is -0.145. The third-order valence-corrected chi connectivity index (χ3v) is 1.97. The minimum absolute atomic E-state index is 0.0259. The Bertz CT molecular complexity index is 246. The Morgan fingerprint density at radius 2 is 1.85 bits per heavy atom. The lowest BCUT2D eigenvalue weighted by atomic mass is 10.1. The number of nitrogens with two attached hydrogens (primary N) is 1. The van der Waals surface area contributed by atoms with Gasteiger partial charge in [-0.25, -0.2) is 0 Å². The summed E-state index contributed by atoms with van der Waals surface area (Å²) in [4.78, 5) is 0. The molecule has 3 heteroatoms. The van der Waals surface area contributed by atoms with Gasteiger partial charge in [-0.2, -0.15) is 0 Å². The Morgan fingerprint density at radius 1 is 1.23 bits per heavy atom. The van der Waals surface area contributed by atoms with E-state index >= 15 is 0 Å². The zero-order valence-corrected chi connectivity index (χ0v) is 7.48. The van der Waals surface area contributed by atoms with Crippen molar-refractivity contribution in [3.05, 3.63) is 29.8 Å². The quantitative estimate of drug-likeness (QED) is 0.638. The molecule has 0 bridgehead atoms. The number of aryl methyl sites for hydroxylation is 1. The number of hydrogen-bond acceptors (Lipinski definition) is 3. The predicted molar refractivity (Wildman–Crippen MR) is 51.5 cm³/mol. The van der Waals surface area contributed by atoms with Crippen LogP contribution in [-0.2, 0) is 6.42 Å². The Labute approximate surface area is 77.8 Å². The highest BCUT2D eigenvalue weighted by Gasteiger charge is 2.00. The zero-order chi connectivity index (χ0) is 9.68. The van der Waals surface area contributed by atoms with Gasteiger partial charge in [0.1, 0.15) is 5.75 Å². The molecule has 0 amide bonds. The number of aliphatic hydroxyl groups excluding tert-OH is 1. The Hall–Kier alpha value is -1.06. The number of aromatic hydroxyl groups is 1. The largest absolute Gasteiger partial charge is 0.508 e. The maximum atomic E-state index is 9.02. The van der Waals surface area contributed by atoms with E-state index in [1.54, 1.807) is 12.1 Å². The summed E-state index contributed by atoms with van der Waals surface area (Å²) in [6.45, 7) is 0.0259. The Morgan fingerprint density at radius 3 is 2.38 bits per heavy atom. The molecule has 0 saturated heterocycles. The average Bonchev–Trinajstić information content (AvgIpc) is 2.16. The van der Waals surface area contributed by atoms with Crippen molar-refractivity contribution in [3.63, 3.8) is 0 Å². The average molecular weight is 181 g/mol. The van der Waals surface area contributed by atoms with Gasteiger partial charge in [0.25, 0.3) is 0 Å². The molecule has 4 N–H and O–H groups in total. The Balaban J connectivity index is 2.41. The van der Waals surface area contributed by atoms with E-state index in [1.165, 1.54) is 0 Å². The fraction of sp³-hybridized carbons (Fsp3) is 0.400. The molecule has 72 valence electrons. The zero-order valence-electron chi connectivity index (χ0n) is 7.48. The molecule has 1 rings (SSSR count). The molecule has 1 aromatic carbocycles. The van der Waals surface area contributed by atoms with Gasteiger partial charge in [0.05, 0.1) is 6.61 Å². The highest BCUT2D eigenvalue weighted by Crippen LogP contribution is 2.11. The van der Waals surface area contributed by atoms with Gasteiger partial charge in [0.2, 0.25) is 0 Å². The molecule has 0 aromatic heterocycles. The number of phenolic OH excluding ortho intramolecular Hbond substituents is 1. The molecule has 13 heavy (non-hydrogen) atoms. The van der Waals surface area contributed by atoms with Crippen LogP contribution in [0.2, 0.25) is 0 Å². The van der Waals surface area contributed by atoms with Gasteiger partial charge in [-0.15, -0.1) is 0 Å². The molecular weight excluding hydrogens is 166 g/mol. The van der Waals surface area contributed by atoms with E-state index in [-0.39, 0.29) is 18.4 Å². The smallest absolute Gasteiger partial charge is 0.115 e. The van der Waals surface area contributed by atoms with Crippen LogP contribution in [0.5, 0.6) is 5.75 Å². The van der Waals surface area contributed by atoms with Crippen LogP contribution >= 0.6 is 0 Å². The molecular formula is C10H15NO2. The first-order chi connectivity index (χ1) is 6.22. The summed E-state index contributed by atoms with van der Waals surface area (Å²) in [5, 5.41) is 17.7. The lowest BCUT2D eigenvalue weighted by Gasteiger charge is -2.07. The van der Waals surface area contributed by atoms with Crippen molar-refractivity contribution in [2.75, 3.05) is 6.61 Å². The second-order valence-electron chi connectivity index (χ2n) is 3.15. The summed E-state index contributed by atoms with van der Waals surface area (Å²) >= 11 is 0. The summed E-state index contributed by atoms with van der Waals surface area (Å²) in [7, 11) is 0. The summed E-state index contributed by atoms with van der Waals surface area (Å²) < 4.78 is 0. The standard InChI is InChI=1S/C10H15NO2/c11-9(7-12)4-1-8-2-5-10(13)6-3-8/h2-3,5-6,9,12-13H,1,4,7,11H2. The predicted octanol–water partition coefficient (Wildman–Crippen LogP) is 0.644. The van der Waals surface area contributed by atoms with Crippen LogP contribution in [0.4, 0.5) is 0 Å². The number of rotatable bonds is 4. The first kappa shape index (κ1) is 10.0. The highest BCUT2D eigenvalue weighted by molar-refractivity contribution is 5.25. The van der Waals surface area contributed by atoms with Gasteiger partial charge in [0.15, 0.2) is 0 Å². The van der Waals surface area contributed by atoms with Gasteiger partial charge in [-0.1, -0.05) is 12.1 Å². The lowest BCUT2D eigenvalue weighted by molar-refractivity contribution is 0.260. The fourth-order valence-electron chi connectivity index (χ4n) is 1.11. The van der Waals surface area contributed by atoms with Crippen molar-refractivity contribution in [1.82, 2.24) is 0 Å². The van der Waals surface area contributed by atoms with E-state index in [0.29, 0.717) is 0 Å². The fourth-order valence-corrected chi connectivity index (χ4v) is 1.11. The highest BCUT2D eigenvalue weighted by atomic mass is 16.3. The number of hydrogen-bond donors (Lipinski definition) is 3. The van der Waals surface area contributed by atoms with Crippen LogP contribution in [0.3, 0.4) is 0 Å². The molecule has 0 aliphatic carbocycles. The van der Waals surface area contributed by atoms with E-state index in [1.807, 2.05) is 12.1 Å². The van der Waals surface area contributed by atoms with Crippen LogP contribution in [0.1, 0.15) is 12.0 Å². The molecule has 0 radical (unpaired) electrons. The van der Waals surface area contributed by atoms with Gasteiger partial charge in [-0.05, 0) is 30.5 Å². The van der Waals surface area contributed by atoms with Crippen molar-refractivity contribution in [1.29, 1.82) is 0 Å². The molecule has 1 aromatic rings. The molecule has 0 aliphatic rings. The molecule has 1 atom stereocenters. The van der Waals surface area contributed by atoms with Crippen LogP contribution in [0.25, 0.3) is 0 Å². The summed E-state index contributed by atoms with van der Waals surface area (Å²) in [6, 6.07) is 6.88. The Kier molecular flexibility index (Phi) is 3.73. The van der Waals surface area contributed by atoms with Crippen molar-refractivity contribution >= 4 is 0 Å². The van der Waals surface area contributed by atoms with E-state index in [4.69, 9.17) is 15.9 Å². The molecule has 0 fully saturated rings. The van der Waals surface area contributed by atoms with Crippen LogP contribution in [-0.4, -0.2) is 22.9 Å². The van der Waals surface area contributed by atoms with Crippen molar-refractivity contribution in [3.8, 4) is 5.75 Å². The van der Waals surface area contributed by atoms with E-state index < -0.39 is 0 Å². The number of phenols is 1. The van der Waals surface area contributed by atoms with Gasteiger partial charge in [-0.3, -0.25) is 0 Å². The first-order valence-electron chi connectivity index (χ1n) is 4.36. The van der Waals surface area contributed by atoms with Gasteiger partial charge < -0.3 is 15.9 Å². The summed E-state index contributed by atoms with van der Waals surface area (Å²) in [6.07, 6.45) is 1.60. The molecule has 0 heterocycles. The van der Waals surface area contributed by atoms with Gasteiger partial charge in [0, 0.05) is 6.04 Å². The number of benzene rings is 1. The summed E-state index contributed by atoms with van der Waals surface area (Å²) in [5.41, 5.74) is 6.68. The molecule has 0 aliphatic heterocycles. The minimum Gasteiger partial charge on any atom is -0.508 e. The first-order valence-corrected chi connectivity index (χ1v) is 4.36. The number of aliphatic hydroxyl groups is 1. The molecule has 1 unspecified atom stereocenters. The second-order valence-corrected chi connectivity index (χ2v) is 3.15. The normalized spacial score (nSPS) is 12.8. The molecule has 3 nitrogen and oxygen atoms in total. The van der Waals surface area contributed by atoms with Crippen LogP contribution in [0, 0.1) is 0 Å². The van der Waals surface area contributed by atoms with E-state index in [2.05, 4.69) is 0 Å². The topological polar surface area (TPSA) is 66.5 Å². The third-order valence-electron chi connectivity index (χ3n) is 1.97. The molecule has 0 spiro atoms. The third kappa shape index (κ3) is 3.44. The van der Waals surface area contributed by atoms with Crippen LogP contribution in [0.15, 0.2) is 24.3 Å². The lowest BCUT2D eigenvalue weighted by Crippen LogP contribution is -2.24.